The van der Waals surface area contributed by atoms with E-state index in [2.05, 4.69) is 28.3 Å². The zero-order valence-electron chi connectivity index (χ0n) is 12.1. The van der Waals surface area contributed by atoms with Crippen LogP contribution in [0.1, 0.15) is 18.4 Å². The van der Waals surface area contributed by atoms with Crippen molar-refractivity contribution in [3.05, 3.63) is 30.1 Å². The molecule has 0 unspecified atom stereocenters. The molecule has 1 aliphatic rings. The fraction of sp³-hybridized carbons (Fsp3) is 0.667. The summed E-state index contributed by atoms with van der Waals surface area (Å²) in [7, 11) is 4.00. The van der Waals surface area contributed by atoms with Crippen LogP contribution in [0.4, 0.5) is 0 Å². The lowest BCUT2D eigenvalue weighted by Crippen LogP contribution is -2.46. The maximum Gasteiger partial charge on any atom is 0.0531 e. The van der Waals surface area contributed by atoms with Crippen LogP contribution < -0.4 is 5.32 Å². The molecule has 0 aliphatic carbocycles. The second-order valence-electron chi connectivity index (χ2n) is 5.72. The Morgan fingerprint density at radius 1 is 1.42 bits per heavy atom. The summed E-state index contributed by atoms with van der Waals surface area (Å²) in [5.74, 6) is 0. The van der Waals surface area contributed by atoms with Gasteiger partial charge in [-0.05, 0) is 44.6 Å². The smallest absolute Gasteiger partial charge is 0.0531 e. The van der Waals surface area contributed by atoms with Crippen LogP contribution in [0.15, 0.2) is 24.5 Å². The number of nitrogens with one attached hydrogen (secondary N) is 1. The van der Waals surface area contributed by atoms with Gasteiger partial charge in [-0.3, -0.25) is 4.98 Å². The number of hydrogen-bond donors (Lipinski definition) is 1. The lowest BCUT2D eigenvalue weighted by Gasteiger charge is -2.40. The highest BCUT2D eigenvalue weighted by Crippen LogP contribution is 2.30. The van der Waals surface area contributed by atoms with E-state index < -0.39 is 0 Å². The first-order valence-corrected chi connectivity index (χ1v) is 7.01. The summed E-state index contributed by atoms with van der Waals surface area (Å²) in [5, 5.41) is 3.44. The fourth-order valence-corrected chi connectivity index (χ4v) is 3.04. The Kier molecular flexibility index (Phi) is 5.31. The van der Waals surface area contributed by atoms with Crippen molar-refractivity contribution in [3.8, 4) is 0 Å². The van der Waals surface area contributed by atoms with E-state index in [0.29, 0.717) is 5.41 Å². The molecule has 4 nitrogen and oxygen atoms in total. The lowest BCUT2D eigenvalue weighted by molar-refractivity contribution is 0.0268. The topological polar surface area (TPSA) is 37.4 Å². The third-order valence-corrected chi connectivity index (χ3v) is 3.90. The van der Waals surface area contributed by atoms with Crippen molar-refractivity contribution in [1.29, 1.82) is 0 Å². The minimum atomic E-state index is 0.303. The molecule has 1 aliphatic heterocycles. The Morgan fingerprint density at radius 2 is 2.21 bits per heavy atom. The standard InChI is InChI=1S/C15H25N3O/c1-18(11-14-4-3-7-17-10-14)12-15(13-19-2)5-8-16-9-6-15/h3-4,7,10,16H,5-6,8-9,11-13H2,1-2H3. The molecule has 1 N–H and O–H groups in total. The molecule has 0 spiro atoms. The second-order valence-corrected chi connectivity index (χ2v) is 5.72. The molecule has 0 amide bonds. The van der Waals surface area contributed by atoms with Gasteiger partial charge in [0, 0.05) is 38.0 Å². The van der Waals surface area contributed by atoms with Gasteiger partial charge in [-0.1, -0.05) is 6.07 Å². The quantitative estimate of drug-likeness (QED) is 0.844. The highest BCUT2D eigenvalue weighted by molar-refractivity contribution is 5.08. The molecule has 1 aromatic heterocycles. The summed E-state index contributed by atoms with van der Waals surface area (Å²) >= 11 is 0. The van der Waals surface area contributed by atoms with Gasteiger partial charge in [0.15, 0.2) is 0 Å². The number of rotatable bonds is 6. The van der Waals surface area contributed by atoms with Crippen molar-refractivity contribution >= 4 is 0 Å². The van der Waals surface area contributed by atoms with Crippen LogP contribution in [0.25, 0.3) is 0 Å². The van der Waals surface area contributed by atoms with Gasteiger partial charge in [0.25, 0.3) is 0 Å². The van der Waals surface area contributed by atoms with E-state index in [-0.39, 0.29) is 0 Å². The minimum Gasteiger partial charge on any atom is -0.384 e. The predicted molar refractivity (Wildman–Crippen MR) is 77.0 cm³/mol. The number of hydrogen-bond acceptors (Lipinski definition) is 4. The summed E-state index contributed by atoms with van der Waals surface area (Å²) in [6, 6.07) is 4.13. The molecule has 0 bridgehead atoms. The van der Waals surface area contributed by atoms with Gasteiger partial charge in [0.2, 0.25) is 0 Å². The molecule has 19 heavy (non-hydrogen) atoms. The number of pyridine rings is 1. The Balaban J connectivity index is 1.93. The van der Waals surface area contributed by atoms with E-state index in [9.17, 15) is 0 Å². The number of nitrogens with zero attached hydrogens (tertiary/aromatic N) is 2. The van der Waals surface area contributed by atoms with E-state index in [1.165, 1.54) is 18.4 Å². The van der Waals surface area contributed by atoms with E-state index in [4.69, 9.17) is 4.74 Å². The summed E-state index contributed by atoms with van der Waals surface area (Å²) in [4.78, 5) is 6.57. The zero-order chi connectivity index (χ0) is 13.6. The van der Waals surface area contributed by atoms with Crippen LogP contribution in [-0.2, 0) is 11.3 Å². The largest absolute Gasteiger partial charge is 0.384 e. The van der Waals surface area contributed by atoms with Crippen molar-refractivity contribution in [2.24, 2.45) is 5.41 Å². The van der Waals surface area contributed by atoms with Crippen LogP contribution in [-0.4, -0.2) is 50.3 Å². The summed E-state index contributed by atoms with van der Waals surface area (Å²) < 4.78 is 5.47. The van der Waals surface area contributed by atoms with Crippen LogP contribution >= 0.6 is 0 Å². The normalized spacial score (nSPS) is 18.7. The number of methoxy groups -OCH3 is 1. The molecule has 1 fully saturated rings. The first kappa shape index (κ1) is 14.4. The van der Waals surface area contributed by atoms with E-state index in [1.807, 2.05) is 25.6 Å². The highest BCUT2D eigenvalue weighted by atomic mass is 16.5. The monoisotopic (exact) mass is 263 g/mol. The van der Waals surface area contributed by atoms with Crippen molar-refractivity contribution in [3.63, 3.8) is 0 Å². The van der Waals surface area contributed by atoms with Gasteiger partial charge in [-0.25, -0.2) is 0 Å². The molecule has 0 atom stereocenters. The average Bonchev–Trinajstić information content (AvgIpc) is 2.40. The molecular formula is C15H25N3O. The second kappa shape index (κ2) is 6.98. The van der Waals surface area contributed by atoms with E-state index >= 15 is 0 Å². The molecule has 0 radical (unpaired) electrons. The molecule has 106 valence electrons. The van der Waals surface area contributed by atoms with Crippen LogP contribution in [0.5, 0.6) is 0 Å². The van der Waals surface area contributed by atoms with Gasteiger partial charge >= 0.3 is 0 Å². The molecule has 0 aromatic carbocycles. The molecule has 2 heterocycles. The van der Waals surface area contributed by atoms with Gasteiger partial charge in [0.05, 0.1) is 6.61 Å². The summed E-state index contributed by atoms with van der Waals surface area (Å²) in [5.41, 5.74) is 1.57. The van der Waals surface area contributed by atoms with E-state index in [1.54, 1.807) is 0 Å². The number of piperidine rings is 1. The fourth-order valence-electron chi connectivity index (χ4n) is 3.04. The van der Waals surface area contributed by atoms with Crippen LogP contribution in [0.3, 0.4) is 0 Å². The van der Waals surface area contributed by atoms with Gasteiger partial charge in [-0.2, -0.15) is 0 Å². The SMILES string of the molecule is COCC1(CN(C)Cc2cccnc2)CCNCC1. The molecule has 0 saturated carbocycles. The molecule has 1 saturated heterocycles. The maximum absolute atomic E-state index is 5.47. The molecule has 4 heteroatoms. The third-order valence-electron chi connectivity index (χ3n) is 3.90. The first-order valence-electron chi connectivity index (χ1n) is 7.01. The molecule has 2 rings (SSSR count). The first-order chi connectivity index (χ1) is 9.24. The molecule has 1 aromatic rings. The van der Waals surface area contributed by atoms with Crippen molar-refractivity contribution in [2.45, 2.75) is 19.4 Å². The van der Waals surface area contributed by atoms with Crippen molar-refractivity contribution in [2.75, 3.05) is 40.4 Å². The Bertz CT molecular complexity index is 357. The summed E-state index contributed by atoms with van der Waals surface area (Å²) in [6.45, 7) is 5.09. The maximum atomic E-state index is 5.47. The van der Waals surface area contributed by atoms with E-state index in [0.717, 1.165) is 32.8 Å². The number of aromatic nitrogens is 1. The Hall–Kier alpha value is -0.970. The van der Waals surface area contributed by atoms with Crippen LogP contribution in [0.2, 0.25) is 0 Å². The third kappa shape index (κ3) is 4.27. The van der Waals surface area contributed by atoms with Crippen molar-refractivity contribution < 1.29 is 4.74 Å². The molecular weight excluding hydrogens is 238 g/mol. The predicted octanol–water partition coefficient (Wildman–Crippen LogP) is 1.53. The minimum absolute atomic E-state index is 0.303. The van der Waals surface area contributed by atoms with Gasteiger partial charge in [0.1, 0.15) is 0 Å². The van der Waals surface area contributed by atoms with Crippen LogP contribution in [0, 0.1) is 5.41 Å². The Morgan fingerprint density at radius 3 is 2.84 bits per heavy atom. The van der Waals surface area contributed by atoms with Crippen molar-refractivity contribution in [1.82, 2.24) is 15.2 Å². The summed E-state index contributed by atoms with van der Waals surface area (Å²) in [6.07, 6.45) is 6.15. The number of ether oxygens (including phenoxy) is 1. The van der Waals surface area contributed by atoms with Gasteiger partial charge in [-0.15, -0.1) is 0 Å². The lowest BCUT2D eigenvalue weighted by atomic mass is 9.79. The highest BCUT2D eigenvalue weighted by Gasteiger charge is 2.33. The van der Waals surface area contributed by atoms with Gasteiger partial charge < -0.3 is 15.0 Å². The Labute approximate surface area is 116 Å². The average molecular weight is 263 g/mol. The zero-order valence-corrected chi connectivity index (χ0v) is 12.1.